The SMILES string of the molecule is C[C@H]1C[C@@](C)(C(=O)Nc2ccccc2)C=[N+](C)c2ccccc21. The van der Waals surface area contributed by atoms with Crippen LogP contribution in [0.4, 0.5) is 11.4 Å². The summed E-state index contributed by atoms with van der Waals surface area (Å²) in [6, 6.07) is 18.0. The molecule has 0 radical (unpaired) electrons. The van der Waals surface area contributed by atoms with E-state index in [2.05, 4.69) is 35.0 Å². The van der Waals surface area contributed by atoms with Gasteiger partial charge in [0.15, 0.2) is 6.21 Å². The number of carbonyl (C=O) groups excluding carboxylic acids is 1. The zero-order valence-corrected chi connectivity index (χ0v) is 13.9. The number of amides is 1. The summed E-state index contributed by atoms with van der Waals surface area (Å²) in [7, 11) is 2.02. The number of fused-ring (bicyclic) bond motifs is 1. The third-order valence-electron chi connectivity index (χ3n) is 4.61. The van der Waals surface area contributed by atoms with E-state index in [0.29, 0.717) is 5.92 Å². The molecule has 0 spiro atoms. The first-order valence-corrected chi connectivity index (χ1v) is 8.04. The van der Waals surface area contributed by atoms with Gasteiger partial charge in [0.25, 0.3) is 0 Å². The predicted octanol–water partition coefficient (Wildman–Crippen LogP) is 4.18. The predicted molar refractivity (Wildman–Crippen MR) is 94.6 cm³/mol. The molecule has 2 aromatic rings. The number of benzene rings is 2. The van der Waals surface area contributed by atoms with Crippen molar-refractivity contribution in [1.29, 1.82) is 0 Å². The molecule has 0 aliphatic carbocycles. The van der Waals surface area contributed by atoms with E-state index in [1.54, 1.807) is 0 Å². The van der Waals surface area contributed by atoms with Crippen LogP contribution in [-0.2, 0) is 4.79 Å². The fourth-order valence-corrected chi connectivity index (χ4v) is 3.47. The monoisotopic (exact) mass is 307 g/mol. The molecule has 1 aliphatic rings. The van der Waals surface area contributed by atoms with Crippen molar-refractivity contribution in [3.05, 3.63) is 60.2 Å². The lowest BCUT2D eigenvalue weighted by Crippen LogP contribution is -2.37. The van der Waals surface area contributed by atoms with Crippen molar-refractivity contribution in [2.24, 2.45) is 5.41 Å². The number of nitrogens with zero attached hydrogens (tertiary/aromatic N) is 1. The van der Waals surface area contributed by atoms with Gasteiger partial charge >= 0.3 is 0 Å². The minimum Gasteiger partial charge on any atom is -0.325 e. The Hall–Kier alpha value is -2.42. The maximum atomic E-state index is 12.9. The Bertz CT molecular complexity index is 751. The molecule has 3 nitrogen and oxygen atoms in total. The molecular formula is C20H23N2O+. The van der Waals surface area contributed by atoms with Crippen LogP contribution in [0.3, 0.4) is 0 Å². The van der Waals surface area contributed by atoms with E-state index in [1.165, 1.54) is 11.3 Å². The summed E-state index contributed by atoms with van der Waals surface area (Å²) < 4.78 is 2.09. The zero-order valence-electron chi connectivity index (χ0n) is 13.9. The molecule has 1 heterocycles. The van der Waals surface area contributed by atoms with Crippen LogP contribution in [0.2, 0.25) is 0 Å². The van der Waals surface area contributed by atoms with E-state index < -0.39 is 5.41 Å². The van der Waals surface area contributed by atoms with Crippen LogP contribution >= 0.6 is 0 Å². The van der Waals surface area contributed by atoms with Crippen molar-refractivity contribution < 1.29 is 9.37 Å². The highest BCUT2D eigenvalue weighted by Gasteiger charge is 2.40. The first-order valence-electron chi connectivity index (χ1n) is 8.04. The van der Waals surface area contributed by atoms with Crippen molar-refractivity contribution >= 4 is 23.5 Å². The van der Waals surface area contributed by atoms with Crippen molar-refractivity contribution in [3.8, 4) is 0 Å². The summed E-state index contributed by atoms with van der Waals surface area (Å²) in [6.45, 7) is 4.21. The van der Waals surface area contributed by atoms with Crippen LogP contribution in [-0.4, -0.2) is 23.7 Å². The minimum absolute atomic E-state index is 0.0372. The average molecular weight is 307 g/mol. The van der Waals surface area contributed by atoms with Crippen molar-refractivity contribution in [3.63, 3.8) is 0 Å². The van der Waals surface area contributed by atoms with Crippen LogP contribution in [0, 0.1) is 5.41 Å². The molecule has 118 valence electrons. The molecule has 1 N–H and O–H groups in total. The van der Waals surface area contributed by atoms with Crippen LogP contribution in [0.1, 0.15) is 31.7 Å². The lowest BCUT2D eigenvalue weighted by Gasteiger charge is -2.23. The summed E-state index contributed by atoms with van der Waals surface area (Å²) in [6.07, 6.45) is 2.83. The van der Waals surface area contributed by atoms with Gasteiger partial charge in [-0.15, -0.1) is 0 Å². The van der Waals surface area contributed by atoms with Gasteiger partial charge in [-0.25, -0.2) is 4.58 Å². The quantitative estimate of drug-likeness (QED) is 0.829. The van der Waals surface area contributed by atoms with Gasteiger partial charge in [0.05, 0.1) is 0 Å². The van der Waals surface area contributed by atoms with E-state index in [4.69, 9.17) is 0 Å². The highest BCUT2D eigenvalue weighted by molar-refractivity contribution is 6.05. The van der Waals surface area contributed by atoms with Gasteiger partial charge in [-0.2, -0.15) is 0 Å². The topological polar surface area (TPSA) is 32.1 Å². The summed E-state index contributed by atoms with van der Waals surface area (Å²) in [5.74, 6) is 0.356. The fraction of sp³-hybridized carbons (Fsp3) is 0.300. The maximum absolute atomic E-state index is 12.9. The van der Waals surface area contributed by atoms with Crippen molar-refractivity contribution in [2.45, 2.75) is 26.2 Å². The smallest absolute Gasteiger partial charge is 0.240 e. The van der Waals surface area contributed by atoms with Crippen LogP contribution in [0.25, 0.3) is 0 Å². The van der Waals surface area contributed by atoms with Crippen molar-refractivity contribution in [2.75, 3.05) is 12.4 Å². The van der Waals surface area contributed by atoms with E-state index in [1.807, 2.05) is 56.6 Å². The second-order valence-electron chi connectivity index (χ2n) is 6.64. The number of carbonyl (C=O) groups is 1. The molecule has 0 aromatic heterocycles. The second kappa shape index (κ2) is 5.99. The Morgan fingerprint density at radius 2 is 1.78 bits per heavy atom. The van der Waals surface area contributed by atoms with Gasteiger partial charge in [-0.1, -0.05) is 43.3 Å². The van der Waals surface area contributed by atoms with Crippen molar-refractivity contribution in [1.82, 2.24) is 0 Å². The lowest BCUT2D eigenvalue weighted by molar-refractivity contribution is -0.403. The van der Waals surface area contributed by atoms with Gasteiger partial charge in [0.2, 0.25) is 11.6 Å². The molecule has 0 saturated carbocycles. The first-order chi connectivity index (χ1) is 11.0. The highest BCUT2D eigenvalue weighted by Crippen LogP contribution is 2.38. The average Bonchev–Trinajstić information content (AvgIpc) is 2.64. The van der Waals surface area contributed by atoms with Gasteiger partial charge in [-0.05, 0) is 31.4 Å². The molecule has 1 aliphatic heterocycles. The van der Waals surface area contributed by atoms with E-state index in [-0.39, 0.29) is 5.91 Å². The van der Waals surface area contributed by atoms with Gasteiger partial charge in [-0.3, -0.25) is 4.79 Å². The van der Waals surface area contributed by atoms with E-state index in [9.17, 15) is 4.79 Å². The summed E-state index contributed by atoms with van der Waals surface area (Å²) in [4.78, 5) is 12.9. The number of anilines is 1. The summed E-state index contributed by atoms with van der Waals surface area (Å²) >= 11 is 0. The molecule has 0 saturated heterocycles. The number of nitrogens with one attached hydrogen (secondary N) is 1. The number of hydrogen-bond acceptors (Lipinski definition) is 1. The molecule has 3 rings (SSSR count). The molecule has 0 fully saturated rings. The third-order valence-corrected chi connectivity index (χ3v) is 4.61. The minimum atomic E-state index is -0.553. The zero-order chi connectivity index (χ0) is 16.4. The van der Waals surface area contributed by atoms with Crippen LogP contribution in [0.15, 0.2) is 54.6 Å². The van der Waals surface area contributed by atoms with Gasteiger partial charge in [0.1, 0.15) is 12.5 Å². The van der Waals surface area contributed by atoms with Crippen LogP contribution in [0.5, 0.6) is 0 Å². The van der Waals surface area contributed by atoms with E-state index >= 15 is 0 Å². The summed E-state index contributed by atoms with van der Waals surface area (Å²) in [5, 5.41) is 3.05. The molecule has 0 bridgehead atoms. The Morgan fingerprint density at radius 3 is 2.52 bits per heavy atom. The largest absolute Gasteiger partial charge is 0.325 e. The summed E-state index contributed by atoms with van der Waals surface area (Å²) in [5.41, 5.74) is 2.76. The Labute approximate surface area is 137 Å². The molecule has 23 heavy (non-hydrogen) atoms. The number of rotatable bonds is 2. The Kier molecular flexibility index (Phi) is 4.03. The Morgan fingerprint density at radius 1 is 1.13 bits per heavy atom. The van der Waals surface area contributed by atoms with Gasteiger partial charge < -0.3 is 5.32 Å². The van der Waals surface area contributed by atoms with Gasteiger partial charge in [0, 0.05) is 17.3 Å². The van der Waals surface area contributed by atoms with Crippen LogP contribution < -0.4 is 5.32 Å². The fourth-order valence-electron chi connectivity index (χ4n) is 3.47. The molecular weight excluding hydrogens is 284 g/mol. The Balaban J connectivity index is 1.93. The number of para-hydroxylation sites is 2. The first kappa shape index (κ1) is 15.5. The molecule has 3 heteroatoms. The van der Waals surface area contributed by atoms with E-state index in [0.717, 1.165) is 12.1 Å². The molecule has 0 unspecified atom stereocenters. The molecule has 1 amide bonds. The normalized spacial score (nSPS) is 23.4. The lowest BCUT2D eigenvalue weighted by atomic mass is 9.80. The maximum Gasteiger partial charge on any atom is 0.240 e. The highest BCUT2D eigenvalue weighted by atomic mass is 16.2. The molecule has 2 atom stereocenters. The molecule has 2 aromatic carbocycles. The number of hydrogen-bond donors (Lipinski definition) is 1. The third kappa shape index (κ3) is 3.04. The standard InChI is InChI=1S/C20H22N2O/c1-15-13-20(2,19(23)21-16-9-5-4-6-10-16)14-22(3)18-12-8-7-11-17(15)18/h4-12,14-15H,13H2,1-3H3/p+1/t15-,20+/m0/s1. The second-order valence-corrected chi connectivity index (χ2v) is 6.64.